The summed E-state index contributed by atoms with van der Waals surface area (Å²) in [5, 5.41) is 3.14. The molecule has 1 saturated carbocycles. The van der Waals surface area contributed by atoms with Gasteiger partial charge >= 0.3 is 6.18 Å². The predicted octanol–water partition coefficient (Wildman–Crippen LogP) is 3.52. The van der Waals surface area contributed by atoms with E-state index < -0.39 is 11.7 Å². The molecule has 1 aromatic rings. The summed E-state index contributed by atoms with van der Waals surface area (Å²) in [6.45, 7) is 2.02. The molecule has 0 spiro atoms. The molecule has 0 saturated heterocycles. The van der Waals surface area contributed by atoms with Crippen LogP contribution in [0, 0.1) is 0 Å². The van der Waals surface area contributed by atoms with Crippen LogP contribution in [-0.4, -0.2) is 10.5 Å². The molecule has 0 unspecified atom stereocenters. The fraction of sp³-hybridized carbons (Fsp3) is 0.615. The van der Waals surface area contributed by atoms with Gasteiger partial charge in [0.1, 0.15) is 11.6 Å². The summed E-state index contributed by atoms with van der Waals surface area (Å²) in [7, 11) is 0. The van der Waals surface area contributed by atoms with E-state index in [1.165, 1.54) is 6.42 Å². The van der Waals surface area contributed by atoms with Crippen LogP contribution in [0.25, 0.3) is 0 Å². The molecule has 7 heteroatoms. The second-order valence-electron chi connectivity index (χ2n) is 5.51. The highest BCUT2D eigenvalue weighted by Crippen LogP contribution is 2.35. The van der Waals surface area contributed by atoms with Gasteiger partial charge < -0.3 is 10.7 Å². The van der Waals surface area contributed by atoms with Gasteiger partial charge in [-0.3, -0.25) is 0 Å². The first-order chi connectivity index (χ1) is 9.32. The zero-order chi connectivity index (χ0) is 14.8. The lowest BCUT2D eigenvalue weighted by molar-refractivity contribution is -0.137. The van der Waals surface area contributed by atoms with Crippen LogP contribution in [-0.2, 0) is 6.18 Å². The number of rotatable bonds is 3. The largest absolute Gasteiger partial charge is 0.416 e. The molecule has 4 nitrogen and oxygen atoms in total. The quantitative estimate of drug-likeness (QED) is 0.588. The van der Waals surface area contributed by atoms with E-state index in [9.17, 15) is 13.2 Å². The van der Waals surface area contributed by atoms with E-state index >= 15 is 0 Å². The molecule has 2 rings (SSSR count). The second kappa shape index (κ2) is 5.47. The van der Waals surface area contributed by atoms with E-state index in [-0.39, 0.29) is 17.2 Å². The van der Waals surface area contributed by atoms with Crippen molar-refractivity contribution in [3.63, 3.8) is 0 Å². The van der Waals surface area contributed by atoms with Crippen molar-refractivity contribution in [1.29, 1.82) is 0 Å². The van der Waals surface area contributed by atoms with Crippen LogP contribution in [0.4, 0.5) is 24.8 Å². The highest BCUT2D eigenvalue weighted by Gasteiger charge is 2.33. The first kappa shape index (κ1) is 14.9. The lowest BCUT2D eigenvalue weighted by Gasteiger charge is -2.35. The number of halogens is 3. The van der Waals surface area contributed by atoms with E-state index in [2.05, 4.69) is 15.7 Å². The number of hydrogen-bond donors (Lipinski definition) is 3. The molecule has 20 heavy (non-hydrogen) atoms. The Labute approximate surface area is 115 Å². The number of aromatic nitrogens is 1. The summed E-state index contributed by atoms with van der Waals surface area (Å²) in [6.07, 6.45) is 0.753. The molecule has 0 radical (unpaired) electrons. The van der Waals surface area contributed by atoms with Crippen molar-refractivity contribution in [2.75, 3.05) is 10.7 Å². The van der Waals surface area contributed by atoms with E-state index in [1.54, 1.807) is 0 Å². The molecule has 0 amide bonds. The van der Waals surface area contributed by atoms with E-state index in [0.29, 0.717) is 0 Å². The molecule has 1 aliphatic carbocycles. The number of pyridine rings is 1. The molecule has 1 fully saturated rings. The van der Waals surface area contributed by atoms with Gasteiger partial charge in [0.2, 0.25) is 0 Å². The summed E-state index contributed by atoms with van der Waals surface area (Å²) in [5.41, 5.74) is 1.21. The highest BCUT2D eigenvalue weighted by atomic mass is 19.4. The van der Waals surface area contributed by atoms with Gasteiger partial charge in [0, 0.05) is 5.54 Å². The Morgan fingerprint density at radius 2 is 1.75 bits per heavy atom. The predicted molar refractivity (Wildman–Crippen MR) is 72.2 cm³/mol. The molecule has 0 aliphatic heterocycles. The Morgan fingerprint density at radius 3 is 2.30 bits per heavy atom. The minimum absolute atomic E-state index is 0.00161. The SMILES string of the molecule is CC1(Nc2cc(C(F)(F)F)cc(NN)n2)CCCCC1. The van der Waals surface area contributed by atoms with Crippen LogP contribution in [0.2, 0.25) is 0 Å². The Hall–Kier alpha value is -1.50. The maximum atomic E-state index is 12.8. The standard InChI is InChI=1S/C13H19F3N4/c1-12(5-3-2-4-6-12)19-10-7-9(13(14,15)16)8-11(18-10)20-17/h7-8H,2-6,17H2,1H3,(H2,18,19,20). The van der Waals surface area contributed by atoms with Gasteiger partial charge in [-0.15, -0.1) is 0 Å². The molecule has 0 atom stereocenters. The van der Waals surface area contributed by atoms with Crippen LogP contribution in [0.3, 0.4) is 0 Å². The summed E-state index contributed by atoms with van der Waals surface area (Å²) in [5.74, 6) is 5.40. The van der Waals surface area contributed by atoms with Gasteiger partial charge in [0.05, 0.1) is 5.56 Å². The lowest BCUT2D eigenvalue weighted by Crippen LogP contribution is -2.37. The van der Waals surface area contributed by atoms with Crippen LogP contribution >= 0.6 is 0 Å². The fourth-order valence-corrected chi connectivity index (χ4v) is 2.60. The maximum absolute atomic E-state index is 12.8. The topological polar surface area (TPSA) is 63.0 Å². The minimum atomic E-state index is -4.42. The number of nitrogens with zero attached hydrogens (tertiary/aromatic N) is 1. The average molecular weight is 288 g/mol. The Bertz CT molecular complexity index is 467. The van der Waals surface area contributed by atoms with Crippen molar-refractivity contribution in [2.24, 2.45) is 5.84 Å². The molecular weight excluding hydrogens is 269 g/mol. The van der Waals surface area contributed by atoms with E-state index in [0.717, 1.165) is 37.8 Å². The third kappa shape index (κ3) is 3.53. The van der Waals surface area contributed by atoms with Gasteiger partial charge in [-0.1, -0.05) is 19.3 Å². The fourth-order valence-electron chi connectivity index (χ4n) is 2.60. The number of nitrogens with two attached hydrogens (primary N) is 1. The first-order valence-corrected chi connectivity index (χ1v) is 6.66. The number of nitrogens with one attached hydrogen (secondary N) is 2. The zero-order valence-electron chi connectivity index (χ0n) is 11.3. The van der Waals surface area contributed by atoms with Crippen molar-refractivity contribution < 1.29 is 13.2 Å². The number of alkyl halides is 3. The molecular formula is C13H19F3N4. The maximum Gasteiger partial charge on any atom is 0.416 e. The lowest BCUT2D eigenvalue weighted by atomic mass is 9.83. The smallest absolute Gasteiger partial charge is 0.365 e. The summed E-state index contributed by atoms with van der Waals surface area (Å²) in [6, 6.07) is 1.93. The minimum Gasteiger partial charge on any atom is -0.365 e. The summed E-state index contributed by atoms with van der Waals surface area (Å²) < 4.78 is 38.5. The van der Waals surface area contributed by atoms with Gasteiger partial charge in [-0.25, -0.2) is 10.8 Å². The number of hydrogen-bond acceptors (Lipinski definition) is 4. The van der Waals surface area contributed by atoms with E-state index in [4.69, 9.17) is 5.84 Å². The molecule has 4 N–H and O–H groups in total. The van der Waals surface area contributed by atoms with Crippen LogP contribution < -0.4 is 16.6 Å². The van der Waals surface area contributed by atoms with Crippen molar-refractivity contribution in [3.8, 4) is 0 Å². The van der Waals surface area contributed by atoms with Crippen LogP contribution in [0.1, 0.15) is 44.6 Å². The molecule has 0 bridgehead atoms. The molecule has 0 aromatic carbocycles. The second-order valence-corrected chi connectivity index (χ2v) is 5.51. The number of hydrazine groups is 1. The monoisotopic (exact) mass is 288 g/mol. The van der Waals surface area contributed by atoms with Gasteiger partial charge in [0.15, 0.2) is 0 Å². The van der Waals surface area contributed by atoms with Crippen molar-refractivity contribution in [1.82, 2.24) is 4.98 Å². The molecule has 112 valence electrons. The number of nitrogen functional groups attached to an aromatic ring is 1. The van der Waals surface area contributed by atoms with Crippen molar-refractivity contribution in [3.05, 3.63) is 17.7 Å². The Morgan fingerprint density at radius 1 is 1.15 bits per heavy atom. The summed E-state index contributed by atoms with van der Waals surface area (Å²) in [4.78, 5) is 4.06. The first-order valence-electron chi connectivity index (χ1n) is 6.66. The van der Waals surface area contributed by atoms with Crippen LogP contribution in [0.5, 0.6) is 0 Å². The molecule has 1 aromatic heterocycles. The molecule has 1 heterocycles. The number of anilines is 2. The van der Waals surface area contributed by atoms with Gasteiger partial charge in [0.25, 0.3) is 0 Å². The van der Waals surface area contributed by atoms with Gasteiger partial charge in [-0.2, -0.15) is 13.2 Å². The zero-order valence-corrected chi connectivity index (χ0v) is 11.3. The van der Waals surface area contributed by atoms with Crippen molar-refractivity contribution >= 4 is 11.6 Å². The summed E-state index contributed by atoms with van der Waals surface area (Å²) >= 11 is 0. The van der Waals surface area contributed by atoms with Gasteiger partial charge in [-0.05, 0) is 31.9 Å². The van der Waals surface area contributed by atoms with Crippen LogP contribution in [0.15, 0.2) is 12.1 Å². The average Bonchev–Trinajstić information content (AvgIpc) is 2.37. The Balaban J connectivity index is 2.26. The van der Waals surface area contributed by atoms with Crippen molar-refractivity contribution in [2.45, 2.75) is 50.7 Å². The molecule has 1 aliphatic rings. The highest BCUT2D eigenvalue weighted by molar-refractivity contribution is 5.50. The normalized spacial score (nSPS) is 18.6. The Kier molecular flexibility index (Phi) is 4.08. The third-order valence-electron chi connectivity index (χ3n) is 3.69. The van der Waals surface area contributed by atoms with E-state index in [1.807, 2.05) is 6.92 Å². The third-order valence-corrected chi connectivity index (χ3v) is 3.69.